The van der Waals surface area contributed by atoms with Crippen LogP contribution in [0.1, 0.15) is 0 Å². The third-order valence-corrected chi connectivity index (χ3v) is 11.0. The van der Waals surface area contributed by atoms with E-state index in [1.54, 1.807) is 0 Å². The van der Waals surface area contributed by atoms with Crippen molar-refractivity contribution >= 4 is 43.5 Å². The Kier molecular flexibility index (Phi) is 7.78. The number of fused-ring (bicyclic) bond motifs is 6. The van der Waals surface area contributed by atoms with Crippen molar-refractivity contribution in [3.63, 3.8) is 0 Å². The first kappa shape index (κ1) is 32.7. The van der Waals surface area contributed by atoms with Crippen LogP contribution in [-0.2, 0) is 0 Å². The molecule has 0 aliphatic carbocycles. The lowest BCUT2D eigenvalue weighted by atomic mass is 9.91. The van der Waals surface area contributed by atoms with Gasteiger partial charge in [-0.2, -0.15) is 0 Å². The van der Waals surface area contributed by atoms with Crippen LogP contribution in [0.2, 0.25) is 0 Å². The van der Waals surface area contributed by atoms with Crippen molar-refractivity contribution in [1.29, 1.82) is 0 Å². The molecule has 8 aromatic carbocycles. The molecule has 4 nitrogen and oxygen atoms in total. The van der Waals surface area contributed by atoms with Crippen molar-refractivity contribution in [2.75, 3.05) is 0 Å². The Balaban J connectivity index is 1.19. The number of hydrogen-bond donors (Lipinski definition) is 0. The number of para-hydroxylation sites is 2. The molecule has 3 aromatic heterocycles. The zero-order valence-electron chi connectivity index (χ0n) is 30.9. The monoisotopic (exact) mass is 726 g/mol. The van der Waals surface area contributed by atoms with Crippen molar-refractivity contribution in [2.45, 2.75) is 0 Å². The summed E-state index contributed by atoms with van der Waals surface area (Å²) in [5.41, 5.74) is 13.1. The lowest BCUT2D eigenvalue weighted by molar-refractivity contribution is 1.16. The van der Waals surface area contributed by atoms with E-state index in [9.17, 15) is 0 Å². The highest BCUT2D eigenvalue weighted by Gasteiger charge is 2.20. The van der Waals surface area contributed by atoms with Gasteiger partial charge in [0.1, 0.15) is 0 Å². The summed E-state index contributed by atoms with van der Waals surface area (Å²) in [5.74, 6) is 0.661. The van der Waals surface area contributed by atoms with Crippen molar-refractivity contribution in [3.8, 4) is 62.0 Å². The van der Waals surface area contributed by atoms with E-state index in [4.69, 9.17) is 15.0 Å². The van der Waals surface area contributed by atoms with E-state index >= 15 is 0 Å². The fraction of sp³-hybridized carbons (Fsp3) is 0. The molecule has 11 rings (SSSR count). The summed E-state index contributed by atoms with van der Waals surface area (Å²) in [6.45, 7) is 0. The number of nitrogens with zero attached hydrogens (tertiary/aromatic N) is 4. The van der Waals surface area contributed by atoms with Gasteiger partial charge in [-0.25, -0.2) is 15.0 Å². The quantitative estimate of drug-likeness (QED) is 0.160. The lowest BCUT2D eigenvalue weighted by Crippen LogP contribution is -1.99. The predicted octanol–water partition coefficient (Wildman–Crippen LogP) is 13.6. The molecule has 0 N–H and O–H groups in total. The molecule has 0 fully saturated rings. The highest BCUT2D eigenvalue weighted by molar-refractivity contribution is 6.18. The van der Waals surface area contributed by atoms with Gasteiger partial charge in [0.2, 0.25) is 0 Å². The van der Waals surface area contributed by atoms with Crippen LogP contribution in [0.5, 0.6) is 0 Å². The molecule has 0 saturated heterocycles. The summed E-state index contributed by atoms with van der Waals surface area (Å²) >= 11 is 0. The van der Waals surface area contributed by atoms with Crippen LogP contribution in [0.15, 0.2) is 206 Å². The fourth-order valence-corrected chi connectivity index (χ4v) is 8.34. The number of rotatable bonds is 6. The first-order valence-corrected chi connectivity index (χ1v) is 19.3. The minimum Gasteiger partial charge on any atom is -0.309 e. The van der Waals surface area contributed by atoms with E-state index in [1.165, 1.54) is 21.8 Å². The topological polar surface area (TPSA) is 43.6 Å². The van der Waals surface area contributed by atoms with Crippen LogP contribution in [-0.4, -0.2) is 19.5 Å². The van der Waals surface area contributed by atoms with Gasteiger partial charge in [-0.15, -0.1) is 0 Å². The maximum absolute atomic E-state index is 5.50. The Morgan fingerprint density at radius 1 is 0.333 bits per heavy atom. The molecule has 3 heterocycles. The van der Waals surface area contributed by atoms with Gasteiger partial charge >= 0.3 is 0 Å². The molecule has 0 aliphatic heterocycles. The molecule has 266 valence electrons. The van der Waals surface area contributed by atoms with Crippen LogP contribution in [0.25, 0.3) is 105 Å². The second-order valence-electron chi connectivity index (χ2n) is 14.4. The van der Waals surface area contributed by atoms with Crippen molar-refractivity contribution in [2.24, 2.45) is 0 Å². The second-order valence-corrected chi connectivity index (χ2v) is 14.4. The number of hydrogen-bond acceptors (Lipinski definition) is 3. The van der Waals surface area contributed by atoms with Gasteiger partial charge < -0.3 is 4.57 Å². The fourth-order valence-electron chi connectivity index (χ4n) is 8.34. The number of benzene rings is 8. The van der Waals surface area contributed by atoms with Gasteiger partial charge in [-0.1, -0.05) is 164 Å². The summed E-state index contributed by atoms with van der Waals surface area (Å²) in [5, 5.41) is 5.84. The molecule has 0 atom stereocenters. The van der Waals surface area contributed by atoms with Crippen LogP contribution in [0.4, 0.5) is 0 Å². The van der Waals surface area contributed by atoms with Crippen molar-refractivity contribution in [3.05, 3.63) is 206 Å². The molecule has 11 aromatic rings. The summed E-state index contributed by atoms with van der Waals surface area (Å²) in [6.07, 6.45) is 0. The Bertz CT molecular complexity index is 3230. The van der Waals surface area contributed by atoms with Gasteiger partial charge in [0.25, 0.3) is 0 Å². The smallest absolute Gasteiger partial charge is 0.160 e. The van der Waals surface area contributed by atoms with E-state index in [1.807, 2.05) is 24.3 Å². The predicted molar refractivity (Wildman–Crippen MR) is 236 cm³/mol. The molecular formula is C53H34N4. The maximum Gasteiger partial charge on any atom is 0.160 e. The molecule has 0 radical (unpaired) electrons. The second kappa shape index (κ2) is 13.6. The molecule has 57 heavy (non-hydrogen) atoms. The Morgan fingerprint density at radius 2 is 0.877 bits per heavy atom. The minimum atomic E-state index is 0.661. The van der Waals surface area contributed by atoms with Crippen LogP contribution in [0, 0.1) is 0 Å². The van der Waals surface area contributed by atoms with Gasteiger partial charge in [0.05, 0.1) is 33.6 Å². The average Bonchev–Trinajstić information content (AvgIpc) is 3.63. The molecule has 0 amide bonds. The summed E-state index contributed by atoms with van der Waals surface area (Å²) < 4.78 is 2.35. The van der Waals surface area contributed by atoms with Gasteiger partial charge in [-0.3, -0.25) is 0 Å². The minimum absolute atomic E-state index is 0.661. The molecule has 0 spiro atoms. The van der Waals surface area contributed by atoms with E-state index in [-0.39, 0.29) is 0 Å². The van der Waals surface area contributed by atoms with E-state index in [2.05, 4.69) is 187 Å². The van der Waals surface area contributed by atoms with E-state index in [0.29, 0.717) is 5.82 Å². The van der Waals surface area contributed by atoms with Gasteiger partial charge in [-0.05, 0) is 64.4 Å². The standard InChI is InChI=1S/C53H34N4/c1-4-17-35(18-5-1)44-33-46(36-19-6-2-7-20-36)54-52-45(32-38-23-10-11-26-41(38)51(44)52)48-34-47(55-53(56-48)37-21-8-3-9-22-37)39-24-16-25-40(31-39)57-49-29-14-12-27-42(49)43-28-13-15-30-50(43)57/h1-34H. The normalized spacial score (nSPS) is 11.5. The van der Waals surface area contributed by atoms with Crippen LogP contribution >= 0.6 is 0 Å². The van der Waals surface area contributed by atoms with Crippen molar-refractivity contribution < 1.29 is 0 Å². The first-order valence-electron chi connectivity index (χ1n) is 19.3. The molecule has 0 bridgehead atoms. The number of pyridine rings is 1. The maximum atomic E-state index is 5.50. The Morgan fingerprint density at radius 3 is 1.58 bits per heavy atom. The molecule has 0 aliphatic rings. The molecule has 0 saturated carbocycles. The zero-order chi connectivity index (χ0) is 37.7. The third-order valence-electron chi connectivity index (χ3n) is 11.0. The number of aromatic nitrogens is 4. The molecule has 0 unspecified atom stereocenters. The Hall–Kier alpha value is -7.69. The Labute approximate surface area is 330 Å². The van der Waals surface area contributed by atoms with Gasteiger partial charge in [0.15, 0.2) is 5.82 Å². The summed E-state index contributed by atoms with van der Waals surface area (Å²) in [7, 11) is 0. The average molecular weight is 727 g/mol. The zero-order valence-corrected chi connectivity index (χ0v) is 30.9. The van der Waals surface area contributed by atoms with E-state index in [0.717, 1.165) is 77.8 Å². The van der Waals surface area contributed by atoms with Gasteiger partial charge in [0, 0.05) is 44.1 Å². The summed E-state index contributed by atoms with van der Waals surface area (Å²) in [4.78, 5) is 16.1. The lowest BCUT2D eigenvalue weighted by Gasteiger charge is -2.17. The van der Waals surface area contributed by atoms with Crippen LogP contribution < -0.4 is 0 Å². The largest absolute Gasteiger partial charge is 0.309 e. The van der Waals surface area contributed by atoms with Crippen LogP contribution in [0.3, 0.4) is 0 Å². The van der Waals surface area contributed by atoms with E-state index < -0.39 is 0 Å². The SMILES string of the molecule is c1ccc(-c2cc(-c3ccccc3)c3c(n2)c(-c2cc(-c4cccc(-n5c6ccccc6c6ccccc65)c4)nc(-c4ccccc4)n2)cc2ccccc23)cc1. The van der Waals surface area contributed by atoms with Crippen molar-refractivity contribution in [1.82, 2.24) is 19.5 Å². The first-order chi connectivity index (χ1) is 28.3. The summed E-state index contributed by atoms with van der Waals surface area (Å²) in [6, 6.07) is 72.6. The highest BCUT2D eigenvalue weighted by atomic mass is 15.0. The molecular weight excluding hydrogens is 693 g/mol. The highest BCUT2D eigenvalue weighted by Crippen LogP contribution is 2.42. The third kappa shape index (κ3) is 5.66. The molecule has 4 heteroatoms.